The molecule has 1 saturated heterocycles. The van der Waals surface area contributed by atoms with Crippen LogP contribution >= 0.6 is 23.2 Å². The number of carbonyl (C=O) groups is 3. The predicted molar refractivity (Wildman–Crippen MR) is 144 cm³/mol. The quantitative estimate of drug-likeness (QED) is 0.270. The van der Waals surface area contributed by atoms with E-state index < -0.39 is 33.8 Å². The van der Waals surface area contributed by atoms with Crippen molar-refractivity contribution in [2.45, 2.75) is 30.7 Å². The van der Waals surface area contributed by atoms with Gasteiger partial charge in [0.05, 0.1) is 29.2 Å². The first-order chi connectivity index (χ1) is 18.1. The molecule has 0 bridgehead atoms. The number of anilines is 1. The summed E-state index contributed by atoms with van der Waals surface area (Å²) in [6, 6.07) is 17.1. The molecule has 3 aromatic rings. The maximum absolute atomic E-state index is 13.7. The van der Waals surface area contributed by atoms with Crippen LogP contribution in [0.3, 0.4) is 0 Å². The molecule has 38 heavy (non-hydrogen) atoms. The molecule has 198 valence electrons. The summed E-state index contributed by atoms with van der Waals surface area (Å²) >= 11 is 12.0. The summed E-state index contributed by atoms with van der Waals surface area (Å²) in [7, 11) is -4.19. The number of sulfonamides is 1. The van der Waals surface area contributed by atoms with Gasteiger partial charge in [-0.2, -0.15) is 4.31 Å². The maximum atomic E-state index is 13.7. The van der Waals surface area contributed by atoms with Crippen LogP contribution in [0.4, 0.5) is 5.69 Å². The smallest absolute Gasteiger partial charge is 0.338 e. The highest BCUT2D eigenvalue weighted by Crippen LogP contribution is 2.30. The fraction of sp³-hybridized carbons (Fsp3) is 0.222. The Bertz CT molecular complexity index is 1460. The van der Waals surface area contributed by atoms with E-state index in [0.717, 1.165) is 14.8 Å². The molecule has 0 spiro atoms. The maximum Gasteiger partial charge on any atom is 0.338 e. The van der Waals surface area contributed by atoms with Crippen molar-refractivity contribution in [3.63, 3.8) is 0 Å². The number of carbonyl (C=O) groups excluding carboxylic acids is 3. The van der Waals surface area contributed by atoms with E-state index >= 15 is 0 Å². The Morgan fingerprint density at radius 3 is 2.32 bits per heavy atom. The van der Waals surface area contributed by atoms with E-state index in [9.17, 15) is 22.8 Å². The minimum Gasteiger partial charge on any atom is -0.462 e. The number of amides is 2. The zero-order chi connectivity index (χ0) is 27.4. The summed E-state index contributed by atoms with van der Waals surface area (Å²) < 4.78 is 33.5. The number of hydrogen-bond donors (Lipinski definition) is 0. The third kappa shape index (κ3) is 5.91. The monoisotopic (exact) mass is 574 g/mol. The van der Waals surface area contributed by atoms with Crippen molar-refractivity contribution in [3.05, 3.63) is 94.0 Å². The first-order valence-electron chi connectivity index (χ1n) is 11.8. The Hall–Kier alpha value is -3.24. The second-order valence-corrected chi connectivity index (χ2v) is 11.3. The molecule has 1 heterocycles. The highest BCUT2D eigenvalue weighted by atomic mass is 35.5. The van der Waals surface area contributed by atoms with Crippen molar-refractivity contribution < 1.29 is 27.5 Å². The molecule has 2 amide bonds. The van der Waals surface area contributed by atoms with Crippen LogP contribution in [0.5, 0.6) is 0 Å². The van der Waals surface area contributed by atoms with Gasteiger partial charge in [-0.15, -0.1) is 0 Å². The summed E-state index contributed by atoms with van der Waals surface area (Å²) in [6.45, 7) is 1.83. The van der Waals surface area contributed by atoms with Gasteiger partial charge in [-0.1, -0.05) is 35.3 Å². The topological polar surface area (TPSA) is 101 Å². The van der Waals surface area contributed by atoms with Crippen molar-refractivity contribution >= 4 is 56.7 Å². The Morgan fingerprint density at radius 2 is 1.68 bits per heavy atom. The van der Waals surface area contributed by atoms with Crippen molar-refractivity contribution in [1.82, 2.24) is 4.31 Å². The molecule has 1 atom stereocenters. The first kappa shape index (κ1) is 27.8. The number of nitrogens with zero attached hydrogens (tertiary/aromatic N) is 2. The first-order valence-corrected chi connectivity index (χ1v) is 14.0. The van der Waals surface area contributed by atoms with Crippen LogP contribution in [-0.4, -0.2) is 49.7 Å². The summed E-state index contributed by atoms with van der Waals surface area (Å²) in [5, 5.41) is 0.859. The molecule has 0 radical (unpaired) electrons. The molecule has 1 aliphatic heterocycles. The van der Waals surface area contributed by atoms with Crippen LogP contribution in [-0.2, 0) is 30.8 Å². The van der Waals surface area contributed by atoms with E-state index in [0.29, 0.717) is 10.0 Å². The molecule has 0 aromatic heterocycles. The summed E-state index contributed by atoms with van der Waals surface area (Å²) in [5.74, 6) is -1.76. The zero-order valence-electron chi connectivity index (χ0n) is 20.3. The van der Waals surface area contributed by atoms with Gasteiger partial charge in [-0.3, -0.25) is 9.59 Å². The lowest BCUT2D eigenvalue weighted by Gasteiger charge is -2.27. The Morgan fingerprint density at radius 1 is 1.00 bits per heavy atom. The van der Waals surface area contributed by atoms with Gasteiger partial charge in [0.15, 0.2) is 0 Å². The van der Waals surface area contributed by atoms with Gasteiger partial charge >= 0.3 is 5.97 Å². The average Bonchev–Trinajstić information content (AvgIpc) is 3.17. The fourth-order valence-corrected chi connectivity index (χ4v) is 6.11. The molecule has 4 rings (SSSR count). The standard InChI is InChI=1S/C27H24Cl2N2O6S/c1-2-37-27(34)19-6-10-22(11-7-19)31-25(32)17-24(26(31)33)30(15-14-18-4-3-5-21(29)16-18)38(35,36)23-12-8-20(28)9-13-23/h3-13,16,24H,2,14-15,17H2,1H3. The summed E-state index contributed by atoms with van der Waals surface area (Å²) in [4.78, 5) is 39.4. The largest absolute Gasteiger partial charge is 0.462 e. The zero-order valence-corrected chi connectivity index (χ0v) is 22.7. The predicted octanol–water partition coefficient (Wildman–Crippen LogP) is 4.74. The van der Waals surface area contributed by atoms with Crippen molar-refractivity contribution in [1.29, 1.82) is 0 Å². The Balaban J connectivity index is 1.65. The lowest BCUT2D eigenvalue weighted by atomic mass is 10.1. The van der Waals surface area contributed by atoms with Gasteiger partial charge < -0.3 is 4.74 Å². The van der Waals surface area contributed by atoms with Crippen molar-refractivity contribution in [3.8, 4) is 0 Å². The molecule has 1 aliphatic rings. The third-order valence-corrected chi connectivity index (χ3v) is 8.45. The second-order valence-electron chi connectivity index (χ2n) is 8.50. The molecule has 0 aliphatic carbocycles. The van der Waals surface area contributed by atoms with E-state index in [2.05, 4.69) is 0 Å². The number of benzene rings is 3. The van der Waals surface area contributed by atoms with Crippen LogP contribution in [0.25, 0.3) is 0 Å². The van der Waals surface area contributed by atoms with Gasteiger partial charge in [0.2, 0.25) is 15.9 Å². The molecular weight excluding hydrogens is 551 g/mol. The molecule has 0 saturated carbocycles. The normalized spacial score (nSPS) is 15.8. The number of halogens is 2. The van der Waals surface area contributed by atoms with E-state index in [1.165, 1.54) is 48.5 Å². The molecule has 0 N–H and O–H groups in total. The number of ether oxygens (including phenoxy) is 1. The molecule has 11 heteroatoms. The van der Waals surface area contributed by atoms with Crippen LogP contribution in [0.15, 0.2) is 77.7 Å². The molecular formula is C27H24Cl2N2O6S. The Kier molecular flexibility index (Phi) is 8.52. The average molecular weight is 575 g/mol. The lowest BCUT2D eigenvalue weighted by Crippen LogP contribution is -2.46. The van der Waals surface area contributed by atoms with Crippen molar-refractivity contribution in [2.75, 3.05) is 18.1 Å². The van der Waals surface area contributed by atoms with Gasteiger partial charge in [-0.05, 0) is 79.6 Å². The molecule has 1 unspecified atom stereocenters. The number of esters is 1. The number of hydrogen-bond acceptors (Lipinski definition) is 6. The van der Waals surface area contributed by atoms with Gasteiger partial charge in [0, 0.05) is 16.6 Å². The summed E-state index contributed by atoms with van der Waals surface area (Å²) in [5.41, 5.74) is 1.27. The van der Waals surface area contributed by atoms with Crippen LogP contribution in [0.1, 0.15) is 29.3 Å². The van der Waals surface area contributed by atoms with Crippen LogP contribution in [0, 0.1) is 0 Å². The van der Waals surface area contributed by atoms with E-state index in [1.54, 1.807) is 31.2 Å². The number of rotatable bonds is 9. The van der Waals surface area contributed by atoms with Crippen LogP contribution < -0.4 is 4.90 Å². The van der Waals surface area contributed by atoms with E-state index in [-0.39, 0.29) is 42.1 Å². The van der Waals surface area contributed by atoms with E-state index in [1.807, 2.05) is 0 Å². The minimum atomic E-state index is -4.19. The van der Waals surface area contributed by atoms with Gasteiger partial charge in [0.1, 0.15) is 6.04 Å². The van der Waals surface area contributed by atoms with E-state index in [4.69, 9.17) is 27.9 Å². The Labute approximate surface area is 230 Å². The second kappa shape index (κ2) is 11.7. The SMILES string of the molecule is CCOC(=O)c1ccc(N2C(=O)CC(N(CCc3cccc(Cl)c3)S(=O)(=O)c3ccc(Cl)cc3)C2=O)cc1. The highest BCUT2D eigenvalue weighted by molar-refractivity contribution is 7.89. The molecule has 3 aromatic carbocycles. The minimum absolute atomic E-state index is 0.0505. The molecule has 1 fully saturated rings. The molecule has 8 nitrogen and oxygen atoms in total. The van der Waals surface area contributed by atoms with Gasteiger partial charge in [0.25, 0.3) is 5.91 Å². The summed E-state index contributed by atoms with van der Waals surface area (Å²) in [6.07, 6.45) is -0.0690. The van der Waals surface area contributed by atoms with Crippen molar-refractivity contribution in [2.24, 2.45) is 0 Å². The lowest BCUT2D eigenvalue weighted by molar-refractivity contribution is -0.122. The van der Waals surface area contributed by atoms with Gasteiger partial charge in [-0.25, -0.2) is 18.1 Å². The third-order valence-electron chi connectivity index (χ3n) is 6.04. The highest BCUT2D eigenvalue weighted by Gasteiger charge is 2.46. The van der Waals surface area contributed by atoms with Crippen LogP contribution in [0.2, 0.25) is 10.0 Å². The fourth-order valence-electron chi connectivity index (χ4n) is 4.19. The number of imide groups is 1.